The van der Waals surface area contributed by atoms with Gasteiger partial charge in [-0.1, -0.05) is 31.2 Å². The molecule has 122 valence electrons. The molecule has 1 aromatic rings. The highest BCUT2D eigenvalue weighted by Gasteiger charge is 2.26. The van der Waals surface area contributed by atoms with Gasteiger partial charge in [-0.3, -0.25) is 0 Å². The maximum atomic E-state index is 10.9. The minimum atomic E-state index is -0.525. The Balaban J connectivity index is 0.000000220. The SMILES string of the molecule is C=C(C)[C@@H]1CC[C@@H](C)C[C@H]1O.COC(=O)c1ccccc1O. The van der Waals surface area contributed by atoms with Gasteiger partial charge in [0, 0.05) is 5.92 Å². The Morgan fingerprint density at radius 2 is 1.95 bits per heavy atom. The molecule has 0 aliphatic heterocycles. The van der Waals surface area contributed by atoms with E-state index in [4.69, 9.17) is 5.11 Å². The lowest BCUT2D eigenvalue weighted by Crippen LogP contribution is -2.28. The number of carbonyl (C=O) groups excluding carboxylic acids is 1. The highest BCUT2D eigenvalue weighted by atomic mass is 16.5. The van der Waals surface area contributed by atoms with Crippen molar-refractivity contribution in [1.82, 2.24) is 0 Å². The number of carbonyl (C=O) groups is 1. The fourth-order valence-corrected chi connectivity index (χ4v) is 2.68. The zero-order valence-corrected chi connectivity index (χ0v) is 13.6. The maximum Gasteiger partial charge on any atom is 0.341 e. The molecule has 4 heteroatoms. The van der Waals surface area contributed by atoms with Gasteiger partial charge >= 0.3 is 5.97 Å². The number of phenols is 1. The van der Waals surface area contributed by atoms with Crippen LogP contribution in [0, 0.1) is 11.8 Å². The van der Waals surface area contributed by atoms with Crippen LogP contribution in [0.5, 0.6) is 5.75 Å². The third-order valence-electron chi connectivity index (χ3n) is 4.02. The van der Waals surface area contributed by atoms with Gasteiger partial charge in [0.1, 0.15) is 11.3 Å². The largest absolute Gasteiger partial charge is 0.507 e. The monoisotopic (exact) mass is 306 g/mol. The van der Waals surface area contributed by atoms with Gasteiger partial charge in [-0.05, 0) is 44.2 Å². The summed E-state index contributed by atoms with van der Waals surface area (Å²) in [6.45, 7) is 8.12. The van der Waals surface area contributed by atoms with Crippen molar-refractivity contribution >= 4 is 5.97 Å². The van der Waals surface area contributed by atoms with Gasteiger partial charge in [0.2, 0.25) is 0 Å². The quantitative estimate of drug-likeness (QED) is 0.648. The van der Waals surface area contributed by atoms with Gasteiger partial charge < -0.3 is 14.9 Å². The van der Waals surface area contributed by atoms with Crippen molar-refractivity contribution in [3.05, 3.63) is 42.0 Å². The first-order valence-electron chi connectivity index (χ1n) is 7.56. The Kier molecular flexibility index (Phi) is 7.12. The zero-order chi connectivity index (χ0) is 16.7. The van der Waals surface area contributed by atoms with Crippen LogP contribution in [0.2, 0.25) is 0 Å². The van der Waals surface area contributed by atoms with Gasteiger partial charge in [-0.2, -0.15) is 0 Å². The molecule has 0 heterocycles. The maximum absolute atomic E-state index is 10.9. The van der Waals surface area contributed by atoms with Crippen LogP contribution in [0.4, 0.5) is 0 Å². The molecule has 1 aliphatic rings. The fourth-order valence-electron chi connectivity index (χ4n) is 2.68. The van der Waals surface area contributed by atoms with Gasteiger partial charge in [0.05, 0.1) is 13.2 Å². The molecule has 1 saturated carbocycles. The number of para-hydroxylation sites is 1. The van der Waals surface area contributed by atoms with E-state index in [1.807, 2.05) is 6.92 Å². The Labute approximate surface area is 132 Å². The first kappa shape index (κ1) is 18.2. The summed E-state index contributed by atoms with van der Waals surface area (Å²) < 4.78 is 4.42. The van der Waals surface area contributed by atoms with E-state index in [1.54, 1.807) is 12.1 Å². The summed E-state index contributed by atoms with van der Waals surface area (Å²) in [7, 11) is 1.27. The number of aromatic hydroxyl groups is 1. The van der Waals surface area contributed by atoms with Gasteiger partial charge in [-0.15, -0.1) is 0 Å². The predicted molar refractivity (Wildman–Crippen MR) is 86.8 cm³/mol. The van der Waals surface area contributed by atoms with Crippen LogP contribution in [0.3, 0.4) is 0 Å². The van der Waals surface area contributed by atoms with E-state index in [0.29, 0.717) is 11.8 Å². The van der Waals surface area contributed by atoms with Crippen LogP contribution in [0.1, 0.15) is 43.5 Å². The number of phenolic OH excluding ortho intramolecular Hbond substituents is 1. The second-order valence-electron chi connectivity index (χ2n) is 5.95. The third kappa shape index (κ3) is 5.19. The van der Waals surface area contributed by atoms with Crippen molar-refractivity contribution in [2.75, 3.05) is 7.11 Å². The topological polar surface area (TPSA) is 66.8 Å². The summed E-state index contributed by atoms with van der Waals surface area (Å²) in [6.07, 6.45) is 3.19. The average molecular weight is 306 g/mol. The van der Waals surface area contributed by atoms with Crippen molar-refractivity contribution in [3.63, 3.8) is 0 Å². The standard InChI is InChI=1S/C10H18O.C8H8O3/c1-7(2)9-5-4-8(3)6-10(9)11;1-11-8(10)6-4-2-3-5-7(6)9/h8-11H,1,4-6H2,2-3H3;2-5,9H,1H3/t8-,9+,10-;/m1./s1. The Hall–Kier alpha value is -1.81. The number of hydrogen-bond donors (Lipinski definition) is 2. The number of hydrogen-bond acceptors (Lipinski definition) is 4. The van der Waals surface area contributed by atoms with Crippen molar-refractivity contribution < 1.29 is 19.7 Å². The molecule has 0 spiro atoms. The molecule has 1 fully saturated rings. The number of methoxy groups -OCH3 is 1. The van der Waals surface area contributed by atoms with Gasteiger partial charge in [0.15, 0.2) is 0 Å². The minimum absolute atomic E-state index is 0.0562. The van der Waals surface area contributed by atoms with E-state index in [1.165, 1.54) is 25.7 Å². The molecule has 4 nitrogen and oxygen atoms in total. The second-order valence-corrected chi connectivity index (χ2v) is 5.95. The van der Waals surface area contributed by atoms with E-state index in [-0.39, 0.29) is 17.4 Å². The summed E-state index contributed by atoms with van der Waals surface area (Å²) in [5.41, 5.74) is 1.33. The number of rotatable bonds is 2. The van der Waals surface area contributed by atoms with Gasteiger partial charge in [-0.25, -0.2) is 4.79 Å². The van der Waals surface area contributed by atoms with Gasteiger partial charge in [0.25, 0.3) is 0 Å². The molecule has 1 aromatic carbocycles. The fraction of sp³-hybridized carbons (Fsp3) is 0.500. The van der Waals surface area contributed by atoms with Crippen LogP contribution in [0.25, 0.3) is 0 Å². The molecule has 0 amide bonds. The Morgan fingerprint density at radius 3 is 2.45 bits per heavy atom. The summed E-state index contributed by atoms with van der Waals surface area (Å²) in [5, 5.41) is 18.8. The van der Waals surface area contributed by atoms with Crippen LogP contribution in [-0.4, -0.2) is 29.4 Å². The highest BCUT2D eigenvalue weighted by Crippen LogP contribution is 2.32. The van der Waals surface area contributed by atoms with Crippen LogP contribution >= 0.6 is 0 Å². The first-order chi connectivity index (χ1) is 10.4. The summed E-state index contributed by atoms with van der Waals surface area (Å²) in [4.78, 5) is 10.9. The average Bonchev–Trinajstić information content (AvgIpc) is 2.47. The lowest BCUT2D eigenvalue weighted by atomic mass is 9.78. The van der Waals surface area contributed by atoms with Crippen molar-refractivity contribution in [3.8, 4) is 5.75 Å². The van der Waals surface area contributed by atoms with Crippen LogP contribution in [0.15, 0.2) is 36.4 Å². The van der Waals surface area contributed by atoms with Crippen LogP contribution in [-0.2, 0) is 4.74 Å². The number of aliphatic hydroxyl groups is 1. The molecule has 3 atom stereocenters. The van der Waals surface area contributed by atoms with Crippen LogP contribution < -0.4 is 0 Å². The smallest absolute Gasteiger partial charge is 0.341 e. The molecule has 0 bridgehead atoms. The summed E-state index contributed by atoms with van der Waals surface area (Å²) in [5.74, 6) is 0.481. The van der Waals surface area contributed by atoms with E-state index in [2.05, 4.69) is 18.2 Å². The molecular formula is C18H26O4. The zero-order valence-electron chi connectivity index (χ0n) is 13.6. The number of ether oxygens (including phenoxy) is 1. The van der Waals surface area contributed by atoms with E-state index >= 15 is 0 Å². The number of benzene rings is 1. The number of esters is 1. The minimum Gasteiger partial charge on any atom is -0.507 e. The Morgan fingerprint density at radius 1 is 1.32 bits per heavy atom. The molecule has 0 aromatic heterocycles. The van der Waals surface area contributed by atoms with Crippen molar-refractivity contribution in [2.45, 2.75) is 39.2 Å². The highest BCUT2D eigenvalue weighted by molar-refractivity contribution is 5.92. The molecule has 0 radical (unpaired) electrons. The van der Waals surface area contributed by atoms with Crippen molar-refractivity contribution in [1.29, 1.82) is 0 Å². The summed E-state index contributed by atoms with van der Waals surface area (Å²) in [6, 6.07) is 6.24. The lowest BCUT2D eigenvalue weighted by molar-refractivity contribution is 0.0597. The lowest BCUT2D eigenvalue weighted by Gasteiger charge is -2.31. The first-order valence-corrected chi connectivity index (χ1v) is 7.56. The Bertz CT molecular complexity index is 510. The summed E-state index contributed by atoms with van der Waals surface area (Å²) >= 11 is 0. The van der Waals surface area contributed by atoms with E-state index in [0.717, 1.165) is 18.4 Å². The predicted octanol–water partition coefficient (Wildman–Crippen LogP) is 3.54. The normalized spacial score (nSPS) is 23.9. The third-order valence-corrected chi connectivity index (χ3v) is 4.02. The molecular weight excluding hydrogens is 280 g/mol. The van der Waals surface area contributed by atoms with Crippen molar-refractivity contribution in [2.24, 2.45) is 11.8 Å². The van der Waals surface area contributed by atoms with E-state index in [9.17, 15) is 9.90 Å². The molecule has 2 rings (SSSR count). The number of aliphatic hydroxyl groups excluding tert-OH is 1. The molecule has 0 saturated heterocycles. The van der Waals surface area contributed by atoms with E-state index < -0.39 is 5.97 Å². The molecule has 22 heavy (non-hydrogen) atoms. The second kappa shape index (κ2) is 8.59. The molecule has 0 unspecified atom stereocenters. The molecule has 1 aliphatic carbocycles. The molecule has 2 N–H and O–H groups in total.